The molecule has 5 nitrogen and oxygen atoms in total. The number of aromatic nitrogens is 1. The summed E-state index contributed by atoms with van der Waals surface area (Å²) in [5, 5.41) is 2.88. The first-order valence-corrected chi connectivity index (χ1v) is 8.03. The quantitative estimate of drug-likeness (QED) is 0.920. The molecule has 0 aliphatic rings. The van der Waals surface area contributed by atoms with Crippen LogP contribution in [0.2, 0.25) is 0 Å². The van der Waals surface area contributed by atoms with Gasteiger partial charge in [0.1, 0.15) is 4.90 Å². The first kappa shape index (κ1) is 15.5. The maximum atomic E-state index is 12.6. The third kappa shape index (κ3) is 3.40. The summed E-state index contributed by atoms with van der Waals surface area (Å²) >= 11 is 0. The number of rotatable bonds is 5. The predicted octanol–water partition coefficient (Wildman–Crippen LogP) is 2.25. The normalized spacial score (nSPS) is 11.6. The Morgan fingerprint density at radius 1 is 1.29 bits per heavy atom. The van der Waals surface area contributed by atoms with E-state index in [1.165, 1.54) is 10.5 Å². The van der Waals surface area contributed by atoms with Crippen LogP contribution in [0.4, 0.5) is 5.69 Å². The van der Waals surface area contributed by atoms with E-state index >= 15 is 0 Å². The second-order valence-electron chi connectivity index (χ2n) is 4.87. The lowest BCUT2D eigenvalue weighted by molar-refractivity contribution is 0.466. The Hall–Kier alpha value is -1.92. The molecule has 6 heteroatoms. The molecule has 0 radical (unpaired) electrons. The highest BCUT2D eigenvalue weighted by atomic mass is 32.2. The van der Waals surface area contributed by atoms with Gasteiger partial charge in [-0.25, -0.2) is 8.42 Å². The minimum atomic E-state index is -3.58. The minimum Gasteiger partial charge on any atom is -0.387 e. The number of benzene rings is 1. The predicted molar refractivity (Wildman–Crippen MR) is 83.6 cm³/mol. The lowest BCUT2D eigenvalue weighted by Gasteiger charge is -2.19. The number of hydrogen-bond donors (Lipinski definition) is 1. The Morgan fingerprint density at radius 2 is 2.05 bits per heavy atom. The van der Waals surface area contributed by atoms with Crippen molar-refractivity contribution >= 4 is 15.7 Å². The Labute approximate surface area is 125 Å². The van der Waals surface area contributed by atoms with Crippen LogP contribution in [-0.4, -0.2) is 31.8 Å². The summed E-state index contributed by atoms with van der Waals surface area (Å²) in [5.74, 6) is 0. The topological polar surface area (TPSA) is 62.3 Å². The molecule has 1 N–H and O–H groups in total. The lowest BCUT2D eigenvalue weighted by Crippen LogP contribution is -2.27. The summed E-state index contributed by atoms with van der Waals surface area (Å²) in [6.07, 6.45) is 2.93. The van der Waals surface area contributed by atoms with Gasteiger partial charge in [0.05, 0.1) is 5.69 Å². The zero-order chi connectivity index (χ0) is 15.5. The molecule has 0 saturated heterocycles. The van der Waals surface area contributed by atoms with E-state index in [2.05, 4.69) is 10.3 Å². The molecule has 1 aromatic carbocycles. The third-order valence-corrected chi connectivity index (χ3v) is 5.06. The molecule has 0 atom stereocenters. The summed E-state index contributed by atoms with van der Waals surface area (Å²) < 4.78 is 26.6. The number of pyridine rings is 1. The van der Waals surface area contributed by atoms with Gasteiger partial charge in [-0.05, 0) is 18.6 Å². The fourth-order valence-electron chi connectivity index (χ4n) is 2.11. The zero-order valence-electron chi connectivity index (χ0n) is 12.4. The molecule has 1 heterocycles. The van der Waals surface area contributed by atoms with E-state index in [1.807, 2.05) is 31.2 Å². The van der Waals surface area contributed by atoms with E-state index in [-0.39, 0.29) is 4.90 Å². The Kier molecular flexibility index (Phi) is 4.59. The van der Waals surface area contributed by atoms with E-state index in [4.69, 9.17) is 0 Å². The molecule has 0 bridgehead atoms. The average molecular weight is 305 g/mol. The molecule has 0 spiro atoms. The number of anilines is 1. The zero-order valence-corrected chi connectivity index (χ0v) is 13.2. The van der Waals surface area contributed by atoms with Gasteiger partial charge in [-0.1, -0.05) is 29.8 Å². The van der Waals surface area contributed by atoms with Crippen LogP contribution in [0.1, 0.15) is 11.1 Å². The van der Waals surface area contributed by atoms with Crippen molar-refractivity contribution in [2.45, 2.75) is 18.4 Å². The maximum Gasteiger partial charge on any atom is 0.246 e. The summed E-state index contributed by atoms with van der Waals surface area (Å²) in [6, 6.07) is 9.45. The SMILES string of the molecule is CNc1ccncc1S(=O)(=O)N(C)Cc1cccc(C)c1. The molecule has 0 aliphatic heterocycles. The van der Waals surface area contributed by atoms with Crippen LogP contribution in [0.3, 0.4) is 0 Å². The molecule has 2 rings (SSSR count). The van der Waals surface area contributed by atoms with E-state index in [1.54, 1.807) is 26.4 Å². The van der Waals surface area contributed by atoms with Gasteiger partial charge in [0, 0.05) is 33.0 Å². The van der Waals surface area contributed by atoms with Crippen molar-refractivity contribution in [1.82, 2.24) is 9.29 Å². The fourth-order valence-corrected chi connectivity index (χ4v) is 3.41. The summed E-state index contributed by atoms with van der Waals surface area (Å²) in [6.45, 7) is 2.31. The monoisotopic (exact) mass is 305 g/mol. The number of nitrogens with zero attached hydrogens (tertiary/aromatic N) is 2. The van der Waals surface area contributed by atoms with Gasteiger partial charge in [-0.2, -0.15) is 4.31 Å². The number of aryl methyl sites for hydroxylation is 1. The molecule has 0 aliphatic carbocycles. The van der Waals surface area contributed by atoms with Crippen molar-refractivity contribution in [1.29, 1.82) is 0 Å². The second kappa shape index (κ2) is 6.24. The Balaban J connectivity index is 2.31. The van der Waals surface area contributed by atoms with Crippen molar-refractivity contribution in [3.63, 3.8) is 0 Å². The second-order valence-corrected chi connectivity index (χ2v) is 6.89. The maximum absolute atomic E-state index is 12.6. The van der Waals surface area contributed by atoms with Gasteiger partial charge in [0.2, 0.25) is 10.0 Å². The van der Waals surface area contributed by atoms with Crippen LogP contribution >= 0.6 is 0 Å². The summed E-state index contributed by atoms with van der Waals surface area (Å²) in [5.41, 5.74) is 2.60. The first-order valence-electron chi connectivity index (χ1n) is 6.59. The first-order chi connectivity index (χ1) is 9.95. The molecular weight excluding hydrogens is 286 g/mol. The van der Waals surface area contributed by atoms with E-state index in [9.17, 15) is 8.42 Å². The van der Waals surface area contributed by atoms with Crippen molar-refractivity contribution < 1.29 is 8.42 Å². The van der Waals surface area contributed by atoms with Gasteiger partial charge in [-0.15, -0.1) is 0 Å². The Morgan fingerprint density at radius 3 is 2.71 bits per heavy atom. The van der Waals surface area contributed by atoms with Crippen molar-refractivity contribution in [2.24, 2.45) is 0 Å². The van der Waals surface area contributed by atoms with Crippen molar-refractivity contribution in [2.75, 3.05) is 19.4 Å². The van der Waals surface area contributed by atoms with Gasteiger partial charge >= 0.3 is 0 Å². The molecule has 0 amide bonds. The number of sulfonamides is 1. The largest absolute Gasteiger partial charge is 0.387 e. The molecule has 0 fully saturated rings. The minimum absolute atomic E-state index is 0.183. The summed E-state index contributed by atoms with van der Waals surface area (Å²) in [7, 11) is -0.322. The number of nitrogens with one attached hydrogen (secondary N) is 1. The van der Waals surface area contributed by atoms with Gasteiger partial charge < -0.3 is 5.32 Å². The van der Waals surface area contributed by atoms with Crippen LogP contribution in [0, 0.1) is 6.92 Å². The molecule has 1 aromatic heterocycles. The number of hydrogen-bond acceptors (Lipinski definition) is 4. The molecule has 0 unspecified atom stereocenters. The molecular formula is C15H19N3O2S. The average Bonchev–Trinajstić information content (AvgIpc) is 2.47. The standard InChI is InChI=1S/C15H19N3O2S/c1-12-5-4-6-13(9-12)11-18(3)21(19,20)15-10-17-8-7-14(15)16-2/h4-10H,11H2,1-3H3,(H,16,17). The van der Waals surface area contributed by atoms with Crippen LogP contribution in [0.15, 0.2) is 47.6 Å². The smallest absolute Gasteiger partial charge is 0.246 e. The van der Waals surface area contributed by atoms with Crippen LogP contribution in [-0.2, 0) is 16.6 Å². The molecule has 0 saturated carbocycles. The van der Waals surface area contributed by atoms with Gasteiger partial charge in [0.15, 0.2) is 0 Å². The van der Waals surface area contributed by atoms with E-state index in [0.717, 1.165) is 11.1 Å². The third-order valence-electron chi connectivity index (χ3n) is 3.23. The van der Waals surface area contributed by atoms with Crippen molar-refractivity contribution in [3.05, 3.63) is 53.9 Å². The van der Waals surface area contributed by atoms with E-state index in [0.29, 0.717) is 12.2 Å². The Bertz CT molecular complexity index is 729. The highest BCUT2D eigenvalue weighted by Crippen LogP contribution is 2.23. The molecule has 2 aromatic rings. The summed E-state index contributed by atoms with van der Waals surface area (Å²) in [4.78, 5) is 4.10. The lowest BCUT2D eigenvalue weighted by atomic mass is 10.1. The fraction of sp³-hybridized carbons (Fsp3) is 0.267. The molecule has 21 heavy (non-hydrogen) atoms. The van der Waals surface area contributed by atoms with Crippen LogP contribution in [0.5, 0.6) is 0 Å². The molecule has 112 valence electrons. The van der Waals surface area contributed by atoms with Crippen molar-refractivity contribution in [3.8, 4) is 0 Å². The van der Waals surface area contributed by atoms with Gasteiger partial charge in [0.25, 0.3) is 0 Å². The van der Waals surface area contributed by atoms with Crippen LogP contribution < -0.4 is 5.32 Å². The highest BCUT2D eigenvalue weighted by Gasteiger charge is 2.24. The highest BCUT2D eigenvalue weighted by molar-refractivity contribution is 7.89. The van der Waals surface area contributed by atoms with Gasteiger partial charge in [-0.3, -0.25) is 4.98 Å². The van der Waals surface area contributed by atoms with E-state index < -0.39 is 10.0 Å². The van der Waals surface area contributed by atoms with Crippen LogP contribution in [0.25, 0.3) is 0 Å².